The Labute approximate surface area is 206 Å². The van der Waals surface area contributed by atoms with Crippen molar-refractivity contribution < 1.29 is 14.3 Å². The van der Waals surface area contributed by atoms with Crippen LogP contribution >= 0.6 is 0 Å². The van der Waals surface area contributed by atoms with Crippen LogP contribution in [0.4, 0.5) is 5.95 Å². The number of Topliss-reactive ketones (excluding diaryl/α,β-unsaturated/α-hetero) is 2. The quantitative estimate of drug-likeness (QED) is 0.452. The van der Waals surface area contributed by atoms with Crippen molar-refractivity contribution in [1.29, 1.82) is 0 Å². The van der Waals surface area contributed by atoms with E-state index in [1.165, 1.54) is 6.33 Å². The van der Waals surface area contributed by atoms with Crippen LogP contribution in [0.1, 0.15) is 70.4 Å². The zero-order valence-electron chi connectivity index (χ0n) is 20.8. The van der Waals surface area contributed by atoms with E-state index in [1.807, 2.05) is 45.0 Å². The number of nitrogens with one attached hydrogen (secondary N) is 1. The van der Waals surface area contributed by atoms with E-state index in [1.54, 1.807) is 0 Å². The third-order valence-corrected chi connectivity index (χ3v) is 6.94. The number of carbonyl (C=O) groups excluding carboxylic acids is 2. The lowest BCUT2D eigenvalue weighted by atomic mass is 9.75. The Morgan fingerprint density at radius 1 is 1.06 bits per heavy atom. The summed E-state index contributed by atoms with van der Waals surface area (Å²) in [5.74, 6) is 1.75. The molecule has 0 unspecified atom stereocenters. The highest BCUT2D eigenvalue weighted by Gasteiger charge is 2.30. The molecule has 3 aromatic rings. The first-order valence-corrected chi connectivity index (χ1v) is 12.4. The number of benzene rings is 1. The maximum atomic E-state index is 12.8. The molecule has 1 aromatic carbocycles. The number of hydrogen-bond donors (Lipinski definition) is 2. The van der Waals surface area contributed by atoms with Gasteiger partial charge >= 0.3 is 0 Å². The minimum Gasteiger partial charge on any atom is -0.471 e. The van der Waals surface area contributed by atoms with Gasteiger partial charge in [-0.3, -0.25) is 9.59 Å². The summed E-state index contributed by atoms with van der Waals surface area (Å²) >= 11 is 0. The predicted octanol–water partition coefficient (Wildman–Crippen LogP) is 4.83. The molecule has 8 heteroatoms. The first kappa shape index (κ1) is 24.8. The molecule has 1 fully saturated rings. The van der Waals surface area contributed by atoms with Gasteiger partial charge in [-0.2, -0.15) is 9.97 Å². The van der Waals surface area contributed by atoms with Crippen molar-refractivity contribution in [3.63, 3.8) is 0 Å². The fraction of sp³-hybridized carbons (Fsp3) is 0.519. The van der Waals surface area contributed by atoms with Crippen LogP contribution in [0.5, 0.6) is 5.88 Å². The van der Waals surface area contributed by atoms with Gasteiger partial charge < -0.3 is 15.5 Å². The molecule has 0 spiro atoms. The molecule has 186 valence electrons. The number of anilines is 1. The van der Waals surface area contributed by atoms with Crippen molar-refractivity contribution in [2.75, 3.05) is 5.73 Å². The number of ether oxygens (including phenoxy) is 1. The molecular formula is C27H35N5O3. The van der Waals surface area contributed by atoms with E-state index in [0.717, 1.165) is 43.2 Å². The van der Waals surface area contributed by atoms with Crippen molar-refractivity contribution in [1.82, 2.24) is 19.9 Å². The number of aromatic amines is 1. The summed E-state index contributed by atoms with van der Waals surface area (Å²) < 4.78 is 5.84. The van der Waals surface area contributed by atoms with E-state index in [0.29, 0.717) is 54.0 Å². The first-order valence-electron chi connectivity index (χ1n) is 12.4. The van der Waals surface area contributed by atoms with Crippen LogP contribution in [0, 0.1) is 17.3 Å². The van der Waals surface area contributed by atoms with E-state index in [4.69, 9.17) is 10.5 Å². The minimum atomic E-state index is -0.273. The van der Waals surface area contributed by atoms with Crippen molar-refractivity contribution in [3.05, 3.63) is 41.7 Å². The Morgan fingerprint density at radius 3 is 2.43 bits per heavy atom. The third kappa shape index (κ3) is 6.44. The van der Waals surface area contributed by atoms with E-state index < -0.39 is 0 Å². The molecule has 0 atom stereocenters. The smallest absolute Gasteiger partial charge is 0.245 e. The van der Waals surface area contributed by atoms with Crippen LogP contribution in [-0.2, 0) is 22.6 Å². The van der Waals surface area contributed by atoms with Gasteiger partial charge in [-0.05, 0) is 49.1 Å². The molecule has 0 aliphatic heterocycles. The standard InChI is InChI=1S/C27H35N5O3/c1-27(2,3)22(34)14-18-8-11-20(12-9-18)21(33)13-10-17-4-6-19(7-5-17)15-35-25-23-24(30-16-29-23)31-26(28)32-25/h4-7,16,18,20H,8-15H2,1-3H3,(H3,28,29,30,31,32). The predicted molar refractivity (Wildman–Crippen MR) is 135 cm³/mol. The van der Waals surface area contributed by atoms with Gasteiger partial charge in [-0.15, -0.1) is 0 Å². The highest BCUT2D eigenvalue weighted by Crippen LogP contribution is 2.34. The van der Waals surface area contributed by atoms with E-state index in [-0.39, 0.29) is 17.3 Å². The molecule has 2 aromatic heterocycles. The number of fused-ring (bicyclic) bond motifs is 1. The lowest BCUT2D eigenvalue weighted by Gasteiger charge is -2.29. The Bertz CT molecular complexity index is 1170. The van der Waals surface area contributed by atoms with E-state index in [9.17, 15) is 9.59 Å². The zero-order chi connectivity index (χ0) is 25.0. The van der Waals surface area contributed by atoms with Crippen LogP contribution in [0.15, 0.2) is 30.6 Å². The molecule has 0 amide bonds. The van der Waals surface area contributed by atoms with Gasteiger partial charge in [0.1, 0.15) is 23.7 Å². The fourth-order valence-corrected chi connectivity index (χ4v) is 4.61. The van der Waals surface area contributed by atoms with Crippen LogP contribution in [-0.4, -0.2) is 31.5 Å². The number of imidazole rings is 1. The summed E-state index contributed by atoms with van der Waals surface area (Å²) in [6.07, 6.45) is 7.26. The Kier molecular flexibility index (Phi) is 7.48. The van der Waals surface area contributed by atoms with Gasteiger partial charge in [0, 0.05) is 24.2 Å². The van der Waals surface area contributed by atoms with Gasteiger partial charge in [0.2, 0.25) is 11.8 Å². The monoisotopic (exact) mass is 477 g/mol. The number of nitrogen functional groups attached to an aromatic ring is 1. The van der Waals surface area contributed by atoms with Crippen LogP contribution in [0.25, 0.3) is 11.2 Å². The van der Waals surface area contributed by atoms with Gasteiger partial charge in [-0.1, -0.05) is 45.0 Å². The van der Waals surface area contributed by atoms with Gasteiger partial charge in [-0.25, -0.2) is 4.98 Å². The maximum absolute atomic E-state index is 12.8. The Hall–Kier alpha value is -3.29. The number of aryl methyl sites for hydroxylation is 1. The lowest BCUT2D eigenvalue weighted by molar-refractivity contribution is -0.127. The van der Waals surface area contributed by atoms with Crippen molar-refractivity contribution in [2.24, 2.45) is 17.3 Å². The average molecular weight is 478 g/mol. The SMILES string of the molecule is CC(C)(C)C(=O)CC1CCC(C(=O)CCc2ccc(COc3nc(N)nc4nc[nH]c34)cc2)CC1. The molecule has 1 saturated carbocycles. The fourth-order valence-electron chi connectivity index (χ4n) is 4.61. The number of ketones is 2. The molecule has 0 radical (unpaired) electrons. The molecule has 0 bridgehead atoms. The molecule has 8 nitrogen and oxygen atoms in total. The van der Waals surface area contributed by atoms with Crippen molar-refractivity contribution in [2.45, 2.75) is 72.3 Å². The molecule has 0 saturated heterocycles. The normalized spacial score (nSPS) is 18.5. The summed E-state index contributed by atoms with van der Waals surface area (Å²) in [6.45, 7) is 6.29. The van der Waals surface area contributed by atoms with Gasteiger partial charge in [0.15, 0.2) is 5.65 Å². The highest BCUT2D eigenvalue weighted by molar-refractivity contribution is 5.84. The summed E-state index contributed by atoms with van der Waals surface area (Å²) in [5, 5.41) is 0. The first-order chi connectivity index (χ1) is 16.7. The maximum Gasteiger partial charge on any atom is 0.245 e. The topological polar surface area (TPSA) is 124 Å². The number of aromatic nitrogens is 4. The largest absolute Gasteiger partial charge is 0.471 e. The van der Waals surface area contributed by atoms with E-state index >= 15 is 0 Å². The van der Waals surface area contributed by atoms with Crippen molar-refractivity contribution in [3.8, 4) is 5.88 Å². The number of hydrogen-bond acceptors (Lipinski definition) is 7. The summed E-state index contributed by atoms with van der Waals surface area (Å²) in [4.78, 5) is 40.4. The zero-order valence-corrected chi connectivity index (χ0v) is 20.8. The number of carbonyl (C=O) groups is 2. The highest BCUT2D eigenvalue weighted by atomic mass is 16.5. The second kappa shape index (κ2) is 10.5. The van der Waals surface area contributed by atoms with Gasteiger partial charge in [0.25, 0.3) is 0 Å². The summed E-state index contributed by atoms with van der Waals surface area (Å²) in [5.41, 5.74) is 8.67. The summed E-state index contributed by atoms with van der Waals surface area (Å²) in [7, 11) is 0. The average Bonchev–Trinajstić information content (AvgIpc) is 3.30. The Balaban J connectivity index is 1.22. The van der Waals surface area contributed by atoms with Crippen molar-refractivity contribution >= 4 is 28.7 Å². The number of rotatable bonds is 9. The molecule has 2 heterocycles. The molecule has 1 aliphatic carbocycles. The molecule has 35 heavy (non-hydrogen) atoms. The minimum absolute atomic E-state index is 0.117. The molecule has 3 N–H and O–H groups in total. The number of nitrogens with zero attached hydrogens (tertiary/aromatic N) is 3. The lowest BCUT2D eigenvalue weighted by Crippen LogP contribution is -2.27. The van der Waals surface area contributed by atoms with E-state index in [2.05, 4.69) is 19.9 Å². The molecule has 1 aliphatic rings. The van der Waals surface area contributed by atoms with Gasteiger partial charge in [0.05, 0.1) is 6.33 Å². The molecular weight excluding hydrogens is 442 g/mol. The third-order valence-electron chi connectivity index (χ3n) is 6.94. The van der Waals surface area contributed by atoms with Crippen LogP contribution in [0.3, 0.4) is 0 Å². The Morgan fingerprint density at radius 2 is 1.74 bits per heavy atom. The second-order valence-electron chi connectivity index (χ2n) is 10.7. The molecule has 4 rings (SSSR count). The number of H-pyrrole nitrogens is 1. The van der Waals surface area contributed by atoms with Crippen LogP contribution < -0.4 is 10.5 Å². The summed E-state index contributed by atoms with van der Waals surface area (Å²) in [6, 6.07) is 8.10. The second-order valence-corrected chi connectivity index (χ2v) is 10.7. The van der Waals surface area contributed by atoms with Crippen LogP contribution in [0.2, 0.25) is 0 Å². The number of nitrogens with two attached hydrogens (primary N) is 1.